The standard InChI is InChI=1S/C14H16F3N3/c1-3-18-8-11-9-19-20(13(11)14(15,16)17)12-7-5-4-6-10(12)2/h4-7,9,18H,3,8H2,1-2H3. The zero-order valence-corrected chi connectivity index (χ0v) is 11.3. The average Bonchev–Trinajstić information content (AvgIpc) is 2.80. The third kappa shape index (κ3) is 2.85. The van der Waals surface area contributed by atoms with Crippen LogP contribution in [-0.4, -0.2) is 16.3 Å². The number of hydrogen-bond acceptors (Lipinski definition) is 2. The Bertz CT molecular complexity index is 588. The topological polar surface area (TPSA) is 29.9 Å². The molecule has 0 atom stereocenters. The zero-order valence-electron chi connectivity index (χ0n) is 11.3. The maximum atomic E-state index is 13.3. The van der Waals surface area contributed by atoms with Crippen LogP contribution in [0.2, 0.25) is 0 Å². The van der Waals surface area contributed by atoms with E-state index in [1.165, 1.54) is 6.20 Å². The van der Waals surface area contributed by atoms with Crippen LogP contribution in [0, 0.1) is 6.92 Å². The number of para-hydroxylation sites is 1. The highest BCUT2D eigenvalue weighted by Gasteiger charge is 2.38. The van der Waals surface area contributed by atoms with Crippen molar-refractivity contribution in [2.24, 2.45) is 0 Å². The molecule has 6 heteroatoms. The van der Waals surface area contributed by atoms with Crippen LogP contribution in [0.15, 0.2) is 30.5 Å². The Hall–Kier alpha value is -1.82. The molecule has 1 heterocycles. The molecule has 0 fully saturated rings. The van der Waals surface area contributed by atoms with Crippen molar-refractivity contribution in [1.82, 2.24) is 15.1 Å². The van der Waals surface area contributed by atoms with Crippen molar-refractivity contribution in [2.75, 3.05) is 6.54 Å². The fraction of sp³-hybridized carbons (Fsp3) is 0.357. The van der Waals surface area contributed by atoms with Gasteiger partial charge in [0.1, 0.15) is 0 Å². The molecule has 2 rings (SSSR count). The van der Waals surface area contributed by atoms with E-state index in [0.717, 1.165) is 10.2 Å². The number of rotatable bonds is 4. The van der Waals surface area contributed by atoms with Gasteiger partial charge in [-0.1, -0.05) is 25.1 Å². The van der Waals surface area contributed by atoms with Crippen LogP contribution in [0.4, 0.5) is 13.2 Å². The summed E-state index contributed by atoms with van der Waals surface area (Å²) in [4.78, 5) is 0. The van der Waals surface area contributed by atoms with E-state index in [0.29, 0.717) is 12.2 Å². The summed E-state index contributed by atoms with van der Waals surface area (Å²) in [5.41, 5.74) is 0.633. The number of benzene rings is 1. The van der Waals surface area contributed by atoms with Crippen LogP contribution >= 0.6 is 0 Å². The smallest absolute Gasteiger partial charge is 0.313 e. The second-order valence-corrected chi connectivity index (χ2v) is 4.49. The van der Waals surface area contributed by atoms with Crippen molar-refractivity contribution in [3.63, 3.8) is 0 Å². The van der Waals surface area contributed by atoms with E-state index in [9.17, 15) is 13.2 Å². The fourth-order valence-corrected chi connectivity index (χ4v) is 2.06. The van der Waals surface area contributed by atoms with Gasteiger partial charge in [0.05, 0.1) is 11.9 Å². The van der Waals surface area contributed by atoms with Crippen molar-refractivity contribution in [2.45, 2.75) is 26.6 Å². The van der Waals surface area contributed by atoms with Crippen LogP contribution in [0.25, 0.3) is 5.69 Å². The predicted octanol–water partition coefficient (Wildman–Crippen LogP) is 3.31. The Labute approximate surface area is 115 Å². The fourth-order valence-electron chi connectivity index (χ4n) is 2.06. The molecular weight excluding hydrogens is 267 g/mol. The van der Waals surface area contributed by atoms with Gasteiger partial charge in [-0.15, -0.1) is 0 Å². The molecule has 1 aromatic heterocycles. The van der Waals surface area contributed by atoms with Crippen LogP contribution in [0.5, 0.6) is 0 Å². The highest BCUT2D eigenvalue weighted by molar-refractivity contribution is 5.42. The summed E-state index contributed by atoms with van der Waals surface area (Å²) in [5.74, 6) is 0. The first-order chi connectivity index (χ1) is 9.45. The Morgan fingerprint density at radius 2 is 1.95 bits per heavy atom. The summed E-state index contributed by atoms with van der Waals surface area (Å²) in [7, 11) is 0. The Morgan fingerprint density at radius 3 is 2.55 bits per heavy atom. The van der Waals surface area contributed by atoms with Gasteiger partial charge in [-0.25, -0.2) is 4.68 Å². The number of nitrogens with zero attached hydrogens (tertiary/aromatic N) is 2. The molecular formula is C14H16F3N3. The Morgan fingerprint density at radius 1 is 1.25 bits per heavy atom. The molecule has 0 radical (unpaired) electrons. The van der Waals surface area contributed by atoms with E-state index >= 15 is 0 Å². The lowest BCUT2D eigenvalue weighted by molar-refractivity contribution is -0.143. The van der Waals surface area contributed by atoms with Gasteiger partial charge in [0, 0.05) is 12.1 Å². The Kier molecular flexibility index (Phi) is 4.13. The zero-order chi connectivity index (χ0) is 14.8. The van der Waals surface area contributed by atoms with E-state index in [1.807, 2.05) is 6.92 Å². The van der Waals surface area contributed by atoms with Gasteiger partial charge in [-0.05, 0) is 25.1 Å². The maximum absolute atomic E-state index is 13.3. The van der Waals surface area contributed by atoms with E-state index in [2.05, 4.69) is 10.4 Å². The minimum Gasteiger partial charge on any atom is -0.313 e. The molecule has 0 amide bonds. The predicted molar refractivity (Wildman–Crippen MR) is 70.7 cm³/mol. The van der Waals surface area contributed by atoms with E-state index in [-0.39, 0.29) is 12.1 Å². The third-order valence-corrected chi connectivity index (χ3v) is 3.02. The van der Waals surface area contributed by atoms with Crippen molar-refractivity contribution in [3.8, 4) is 5.69 Å². The molecule has 0 bridgehead atoms. The molecule has 1 N–H and O–H groups in total. The van der Waals surface area contributed by atoms with Crippen molar-refractivity contribution < 1.29 is 13.2 Å². The SMILES string of the molecule is CCNCc1cnn(-c2ccccc2C)c1C(F)(F)F. The molecule has 0 saturated carbocycles. The van der Waals surface area contributed by atoms with E-state index in [4.69, 9.17) is 0 Å². The number of hydrogen-bond donors (Lipinski definition) is 1. The summed E-state index contributed by atoms with van der Waals surface area (Å²) in [6.07, 6.45) is -3.17. The number of aromatic nitrogens is 2. The lowest BCUT2D eigenvalue weighted by Gasteiger charge is -2.14. The molecule has 0 saturated heterocycles. The molecule has 0 spiro atoms. The third-order valence-electron chi connectivity index (χ3n) is 3.02. The van der Waals surface area contributed by atoms with Gasteiger partial charge < -0.3 is 5.32 Å². The monoisotopic (exact) mass is 283 g/mol. The van der Waals surface area contributed by atoms with Crippen molar-refractivity contribution in [1.29, 1.82) is 0 Å². The quantitative estimate of drug-likeness (QED) is 0.933. The first-order valence-electron chi connectivity index (χ1n) is 6.36. The largest absolute Gasteiger partial charge is 0.433 e. The molecule has 108 valence electrons. The summed E-state index contributed by atoms with van der Waals surface area (Å²) in [6, 6.07) is 6.89. The van der Waals surface area contributed by atoms with Crippen molar-refractivity contribution >= 4 is 0 Å². The minimum atomic E-state index is -4.44. The average molecular weight is 283 g/mol. The second-order valence-electron chi connectivity index (χ2n) is 4.49. The summed E-state index contributed by atoms with van der Waals surface area (Å²) in [6.45, 7) is 4.37. The molecule has 0 aliphatic heterocycles. The van der Waals surface area contributed by atoms with Crippen LogP contribution in [0.3, 0.4) is 0 Å². The first kappa shape index (κ1) is 14.6. The van der Waals surface area contributed by atoms with Gasteiger partial charge in [-0.3, -0.25) is 0 Å². The lowest BCUT2D eigenvalue weighted by Crippen LogP contribution is -2.19. The van der Waals surface area contributed by atoms with Gasteiger partial charge in [0.15, 0.2) is 5.69 Å². The van der Waals surface area contributed by atoms with Gasteiger partial charge in [-0.2, -0.15) is 18.3 Å². The van der Waals surface area contributed by atoms with E-state index < -0.39 is 11.9 Å². The molecule has 20 heavy (non-hydrogen) atoms. The van der Waals surface area contributed by atoms with Crippen molar-refractivity contribution in [3.05, 3.63) is 47.3 Å². The highest BCUT2D eigenvalue weighted by atomic mass is 19.4. The Balaban J connectivity index is 2.54. The molecule has 0 unspecified atom stereocenters. The summed E-state index contributed by atoms with van der Waals surface area (Å²) < 4.78 is 40.9. The maximum Gasteiger partial charge on any atom is 0.433 e. The molecule has 1 aromatic carbocycles. The normalized spacial score (nSPS) is 11.8. The van der Waals surface area contributed by atoms with Gasteiger partial charge in [0.25, 0.3) is 0 Å². The second kappa shape index (κ2) is 5.66. The molecule has 2 aromatic rings. The molecule has 3 nitrogen and oxygen atoms in total. The molecule has 0 aliphatic carbocycles. The van der Waals surface area contributed by atoms with Crippen LogP contribution in [0.1, 0.15) is 23.7 Å². The van der Waals surface area contributed by atoms with Gasteiger partial charge in [0.2, 0.25) is 0 Å². The van der Waals surface area contributed by atoms with Crippen LogP contribution < -0.4 is 5.32 Å². The van der Waals surface area contributed by atoms with Crippen LogP contribution in [-0.2, 0) is 12.7 Å². The number of alkyl halides is 3. The number of aryl methyl sites for hydroxylation is 1. The van der Waals surface area contributed by atoms with E-state index in [1.54, 1.807) is 31.2 Å². The number of halogens is 3. The minimum absolute atomic E-state index is 0.150. The van der Waals surface area contributed by atoms with Gasteiger partial charge >= 0.3 is 6.18 Å². The summed E-state index contributed by atoms with van der Waals surface area (Å²) >= 11 is 0. The first-order valence-corrected chi connectivity index (χ1v) is 6.36. The number of nitrogens with one attached hydrogen (secondary N) is 1. The molecule has 0 aliphatic rings. The highest BCUT2D eigenvalue weighted by Crippen LogP contribution is 2.34. The summed E-state index contributed by atoms with van der Waals surface area (Å²) in [5, 5.41) is 6.83. The lowest BCUT2D eigenvalue weighted by atomic mass is 10.2.